The first kappa shape index (κ1) is 7.65. The van der Waals surface area contributed by atoms with E-state index in [1.54, 1.807) is 6.92 Å². The molecule has 11 heavy (non-hydrogen) atoms. The van der Waals surface area contributed by atoms with Gasteiger partial charge in [0.05, 0.1) is 17.6 Å². The molecule has 0 unspecified atom stereocenters. The topological polar surface area (TPSA) is 68.9 Å². The van der Waals surface area contributed by atoms with Crippen LogP contribution in [0.25, 0.3) is 0 Å². The average Bonchev–Trinajstić information content (AvgIpc) is 1.94. The van der Waals surface area contributed by atoms with Gasteiger partial charge in [0, 0.05) is 0 Å². The van der Waals surface area contributed by atoms with Crippen LogP contribution in [0.2, 0.25) is 0 Å². The van der Waals surface area contributed by atoms with Gasteiger partial charge >= 0.3 is 0 Å². The van der Waals surface area contributed by atoms with E-state index in [4.69, 9.17) is 5.73 Å². The zero-order chi connectivity index (χ0) is 8.43. The maximum atomic E-state index is 10.6. The van der Waals surface area contributed by atoms with Crippen molar-refractivity contribution in [2.24, 2.45) is 5.73 Å². The fourth-order valence-electron chi connectivity index (χ4n) is 0.661. The van der Waals surface area contributed by atoms with Crippen LogP contribution in [0.4, 0.5) is 0 Å². The molecule has 0 atom stereocenters. The highest BCUT2D eigenvalue weighted by molar-refractivity contribution is 5.90. The molecule has 1 amide bonds. The van der Waals surface area contributed by atoms with Crippen LogP contribution in [0.1, 0.15) is 21.9 Å². The Labute approximate surface area is 64.5 Å². The molecular formula is C7H9N3O. The number of hydrogen-bond donors (Lipinski definition) is 1. The summed E-state index contributed by atoms with van der Waals surface area (Å²) in [4.78, 5) is 18.5. The molecule has 0 fully saturated rings. The van der Waals surface area contributed by atoms with Crippen molar-refractivity contribution in [2.75, 3.05) is 0 Å². The normalized spacial score (nSPS) is 9.64. The predicted octanol–water partition coefficient (Wildman–Crippen LogP) is 0.192. The molecule has 0 aromatic carbocycles. The molecule has 0 aliphatic heterocycles. The van der Waals surface area contributed by atoms with Gasteiger partial charge in [0.25, 0.3) is 5.91 Å². The standard InChI is InChI=1S/C7H9N3O/c1-4-5(2)10-6(3-9-4)7(8)11/h3H,1-2H3,(H2,8,11). The third-order valence-corrected chi connectivity index (χ3v) is 1.44. The number of nitrogens with two attached hydrogens (primary N) is 1. The van der Waals surface area contributed by atoms with E-state index in [-0.39, 0.29) is 5.69 Å². The number of hydrogen-bond acceptors (Lipinski definition) is 3. The first-order valence-electron chi connectivity index (χ1n) is 3.21. The Hall–Kier alpha value is -1.45. The Bertz CT molecular complexity index is 296. The van der Waals surface area contributed by atoms with Gasteiger partial charge < -0.3 is 5.73 Å². The summed E-state index contributed by atoms with van der Waals surface area (Å²) < 4.78 is 0. The van der Waals surface area contributed by atoms with Crippen molar-refractivity contribution >= 4 is 5.91 Å². The van der Waals surface area contributed by atoms with Gasteiger partial charge in [0.2, 0.25) is 0 Å². The van der Waals surface area contributed by atoms with E-state index in [0.29, 0.717) is 0 Å². The van der Waals surface area contributed by atoms with Crippen molar-refractivity contribution in [3.63, 3.8) is 0 Å². The van der Waals surface area contributed by atoms with E-state index in [1.807, 2.05) is 6.92 Å². The minimum absolute atomic E-state index is 0.216. The molecule has 0 radical (unpaired) electrons. The van der Waals surface area contributed by atoms with Crippen LogP contribution in [-0.2, 0) is 0 Å². The lowest BCUT2D eigenvalue weighted by atomic mass is 10.3. The first-order chi connectivity index (χ1) is 5.11. The quantitative estimate of drug-likeness (QED) is 0.623. The lowest BCUT2D eigenvalue weighted by molar-refractivity contribution is 0.0995. The molecule has 4 nitrogen and oxygen atoms in total. The summed E-state index contributed by atoms with van der Waals surface area (Å²) in [5.41, 5.74) is 6.76. The van der Waals surface area contributed by atoms with Crippen molar-refractivity contribution in [3.05, 3.63) is 23.3 Å². The summed E-state index contributed by atoms with van der Waals surface area (Å²) in [5.74, 6) is -0.541. The number of aromatic nitrogens is 2. The SMILES string of the molecule is Cc1ncc(C(N)=O)nc1C. The summed E-state index contributed by atoms with van der Waals surface area (Å²) in [7, 11) is 0. The molecule has 0 bridgehead atoms. The predicted molar refractivity (Wildman–Crippen MR) is 40.0 cm³/mol. The highest BCUT2D eigenvalue weighted by Crippen LogP contribution is 1.99. The zero-order valence-electron chi connectivity index (χ0n) is 6.46. The number of rotatable bonds is 1. The van der Waals surface area contributed by atoms with E-state index in [1.165, 1.54) is 6.20 Å². The lowest BCUT2D eigenvalue weighted by Gasteiger charge is -1.98. The molecule has 0 aliphatic carbocycles. The number of carbonyl (C=O) groups is 1. The summed E-state index contributed by atoms with van der Waals surface area (Å²) in [6, 6.07) is 0. The van der Waals surface area contributed by atoms with Crippen molar-refractivity contribution in [2.45, 2.75) is 13.8 Å². The van der Waals surface area contributed by atoms with Gasteiger partial charge in [0.15, 0.2) is 0 Å². The van der Waals surface area contributed by atoms with Gasteiger partial charge in [-0.3, -0.25) is 9.78 Å². The van der Waals surface area contributed by atoms with Crippen LogP contribution in [0.3, 0.4) is 0 Å². The smallest absolute Gasteiger partial charge is 0.268 e. The molecule has 4 heteroatoms. The highest BCUT2D eigenvalue weighted by Gasteiger charge is 2.03. The first-order valence-corrected chi connectivity index (χ1v) is 3.21. The monoisotopic (exact) mass is 151 g/mol. The molecule has 0 spiro atoms. The maximum absolute atomic E-state index is 10.6. The van der Waals surface area contributed by atoms with Gasteiger partial charge in [-0.05, 0) is 13.8 Å². The third-order valence-electron chi connectivity index (χ3n) is 1.44. The second-order valence-corrected chi connectivity index (χ2v) is 2.29. The van der Waals surface area contributed by atoms with Crippen LogP contribution in [0.5, 0.6) is 0 Å². The van der Waals surface area contributed by atoms with Crippen LogP contribution >= 0.6 is 0 Å². The summed E-state index contributed by atoms with van der Waals surface area (Å²) in [6.45, 7) is 3.61. The van der Waals surface area contributed by atoms with Gasteiger partial charge in [-0.1, -0.05) is 0 Å². The van der Waals surface area contributed by atoms with Crippen LogP contribution in [0.15, 0.2) is 6.20 Å². The highest BCUT2D eigenvalue weighted by atomic mass is 16.1. The van der Waals surface area contributed by atoms with E-state index in [2.05, 4.69) is 9.97 Å². The van der Waals surface area contributed by atoms with Crippen LogP contribution in [-0.4, -0.2) is 15.9 Å². The summed E-state index contributed by atoms with van der Waals surface area (Å²) >= 11 is 0. The number of carbonyl (C=O) groups excluding carboxylic acids is 1. The Morgan fingerprint density at radius 2 is 2.09 bits per heavy atom. The average molecular weight is 151 g/mol. The van der Waals surface area contributed by atoms with Crippen LogP contribution in [0, 0.1) is 13.8 Å². The maximum Gasteiger partial charge on any atom is 0.268 e. The fourth-order valence-corrected chi connectivity index (χ4v) is 0.661. The van der Waals surface area contributed by atoms with Crippen molar-refractivity contribution in [1.29, 1.82) is 0 Å². The van der Waals surface area contributed by atoms with E-state index in [0.717, 1.165) is 11.4 Å². The molecule has 1 rings (SSSR count). The van der Waals surface area contributed by atoms with E-state index < -0.39 is 5.91 Å². The van der Waals surface area contributed by atoms with Crippen LogP contribution < -0.4 is 5.73 Å². The molecule has 58 valence electrons. The summed E-state index contributed by atoms with van der Waals surface area (Å²) in [6.07, 6.45) is 1.38. The minimum Gasteiger partial charge on any atom is -0.364 e. The molecule has 0 saturated heterocycles. The van der Waals surface area contributed by atoms with Gasteiger partial charge in [-0.15, -0.1) is 0 Å². The number of nitrogens with zero attached hydrogens (tertiary/aromatic N) is 2. The van der Waals surface area contributed by atoms with Crippen molar-refractivity contribution in [1.82, 2.24) is 9.97 Å². The lowest BCUT2D eigenvalue weighted by Crippen LogP contribution is -2.14. The molecule has 0 saturated carbocycles. The zero-order valence-corrected chi connectivity index (χ0v) is 6.46. The molecule has 2 N–H and O–H groups in total. The second kappa shape index (κ2) is 2.65. The van der Waals surface area contributed by atoms with E-state index >= 15 is 0 Å². The second-order valence-electron chi connectivity index (χ2n) is 2.29. The van der Waals surface area contributed by atoms with Gasteiger partial charge in [0.1, 0.15) is 5.69 Å². The molecule has 1 aromatic heterocycles. The minimum atomic E-state index is -0.541. The molecule has 0 aliphatic rings. The Morgan fingerprint density at radius 1 is 1.45 bits per heavy atom. The number of primary amides is 1. The fraction of sp³-hybridized carbons (Fsp3) is 0.286. The Morgan fingerprint density at radius 3 is 2.55 bits per heavy atom. The number of aryl methyl sites for hydroxylation is 2. The molecular weight excluding hydrogens is 142 g/mol. The third kappa shape index (κ3) is 1.52. The Balaban J connectivity index is 3.15. The summed E-state index contributed by atoms with van der Waals surface area (Å²) in [5, 5.41) is 0. The van der Waals surface area contributed by atoms with Gasteiger partial charge in [-0.25, -0.2) is 4.98 Å². The van der Waals surface area contributed by atoms with E-state index in [9.17, 15) is 4.79 Å². The van der Waals surface area contributed by atoms with Gasteiger partial charge in [-0.2, -0.15) is 0 Å². The largest absolute Gasteiger partial charge is 0.364 e. The molecule has 1 aromatic rings. The van der Waals surface area contributed by atoms with Crippen molar-refractivity contribution < 1.29 is 4.79 Å². The Kier molecular flexibility index (Phi) is 1.85. The van der Waals surface area contributed by atoms with Crippen molar-refractivity contribution in [3.8, 4) is 0 Å². The number of amides is 1. The molecule has 1 heterocycles.